The molecule has 134 valence electrons. The number of carbonyl (C=O) groups is 1. The second-order valence-corrected chi connectivity index (χ2v) is 6.44. The van der Waals surface area contributed by atoms with Crippen LogP contribution in [0.4, 0.5) is 0 Å². The predicted molar refractivity (Wildman–Crippen MR) is 104 cm³/mol. The van der Waals surface area contributed by atoms with E-state index in [1.54, 1.807) is 24.3 Å². The minimum Gasteiger partial charge on any atom is -0.348 e. The number of fused-ring (bicyclic) bond motifs is 1. The summed E-state index contributed by atoms with van der Waals surface area (Å²) in [5.74, 6) is -0.308. The number of hydrogen-bond donors (Lipinski definition) is 2. The second kappa shape index (κ2) is 7.09. The first kappa shape index (κ1) is 17.1. The number of rotatable bonds is 4. The second-order valence-electron chi connectivity index (χ2n) is 6.00. The molecule has 2 N–H and O–H groups in total. The molecule has 0 radical (unpaired) electrons. The molecular formula is C20H15ClN4O2. The Morgan fingerprint density at radius 1 is 1.11 bits per heavy atom. The lowest BCUT2D eigenvalue weighted by molar-refractivity contribution is 0.0952. The summed E-state index contributed by atoms with van der Waals surface area (Å²) in [6.07, 6.45) is 1.48. The molecule has 27 heavy (non-hydrogen) atoms. The number of hydrogen-bond acceptors (Lipinski definition) is 3. The lowest BCUT2D eigenvalue weighted by Crippen LogP contribution is -2.23. The Hall–Kier alpha value is -3.38. The molecule has 0 saturated heterocycles. The molecule has 0 unspecified atom stereocenters. The molecule has 0 bridgehead atoms. The van der Waals surface area contributed by atoms with Gasteiger partial charge in [-0.3, -0.25) is 14.7 Å². The van der Waals surface area contributed by atoms with Crippen molar-refractivity contribution in [1.82, 2.24) is 19.9 Å². The molecule has 4 rings (SSSR count). The van der Waals surface area contributed by atoms with Gasteiger partial charge < -0.3 is 5.32 Å². The van der Waals surface area contributed by atoms with E-state index in [9.17, 15) is 9.59 Å². The van der Waals surface area contributed by atoms with Crippen molar-refractivity contribution < 1.29 is 4.79 Å². The SMILES string of the molecule is O=C(NCc1ccccc1)c1c[nH]n2c(=O)cc(-c3ccc(Cl)cc3)nc12. The van der Waals surface area contributed by atoms with E-state index in [0.29, 0.717) is 22.8 Å². The van der Waals surface area contributed by atoms with E-state index < -0.39 is 0 Å². The van der Waals surface area contributed by atoms with Crippen LogP contribution in [-0.2, 0) is 6.54 Å². The number of benzene rings is 2. The summed E-state index contributed by atoms with van der Waals surface area (Å²) < 4.78 is 1.25. The molecular weight excluding hydrogens is 364 g/mol. The molecule has 2 aromatic heterocycles. The number of carbonyl (C=O) groups excluding carboxylic acids is 1. The highest BCUT2D eigenvalue weighted by molar-refractivity contribution is 6.30. The minimum atomic E-state index is -0.308. The first-order valence-electron chi connectivity index (χ1n) is 8.31. The third-order valence-corrected chi connectivity index (χ3v) is 4.43. The van der Waals surface area contributed by atoms with Gasteiger partial charge in [0.05, 0.1) is 5.69 Å². The van der Waals surface area contributed by atoms with Crippen molar-refractivity contribution in [1.29, 1.82) is 0 Å². The van der Waals surface area contributed by atoms with Gasteiger partial charge in [0.15, 0.2) is 5.65 Å². The van der Waals surface area contributed by atoms with Crippen LogP contribution in [0, 0.1) is 0 Å². The monoisotopic (exact) mass is 378 g/mol. The summed E-state index contributed by atoms with van der Waals surface area (Å²) in [5.41, 5.74) is 2.49. The number of nitrogens with zero attached hydrogens (tertiary/aromatic N) is 2. The van der Waals surface area contributed by atoms with Crippen LogP contribution in [0.1, 0.15) is 15.9 Å². The number of halogens is 1. The summed E-state index contributed by atoms with van der Waals surface area (Å²) in [5, 5.41) is 6.23. The highest BCUT2D eigenvalue weighted by Crippen LogP contribution is 2.20. The van der Waals surface area contributed by atoms with Gasteiger partial charge in [0.2, 0.25) is 0 Å². The van der Waals surface area contributed by atoms with Crippen molar-refractivity contribution in [3.05, 3.63) is 93.4 Å². The van der Waals surface area contributed by atoms with E-state index in [1.807, 2.05) is 30.3 Å². The molecule has 2 heterocycles. The molecule has 0 aliphatic heterocycles. The molecule has 4 aromatic rings. The van der Waals surface area contributed by atoms with Crippen LogP contribution >= 0.6 is 11.6 Å². The van der Waals surface area contributed by atoms with Crippen LogP contribution in [0.3, 0.4) is 0 Å². The van der Waals surface area contributed by atoms with Gasteiger partial charge in [0.25, 0.3) is 11.5 Å². The average molecular weight is 379 g/mol. The summed E-state index contributed by atoms with van der Waals surface area (Å²) in [6, 6.07) is 18.0. The molecule has 0 aliphatic carbocycles. The quantitative estimate of drug-likeness (QED) is 0.572. The van der Waals surface area contributed by atoms with Crippen LogP contribution in [0.25, 0.3) is 16.9 Å². The van der Waals surface area contributed by atoms with E-state index in [4.69, 9.17) is 11.6 Å². The molecule has 0 aliphatic rings. The van der Waals surface area contributed by atoms with Crippen molar-refractivity contribution in [3.63, 3.8) is 0 Å². The molecule has 0 saturated carbocycles. The van der Waals surface area contributed by atoms with E-state index in [2.05, 4.69) is 15.4 Å². The van der Waals surface area contributed by atoms with Crippen molar-refractivity contribution in [3.8, 4) is 11.3 Å². The third-order valence-electron chi connectivity index (χ3n) is 4.18. The van der Waals surface area contributed by atoms with Crippen molar-refractivity contribution in [2.45, 2.75) is 6.54 Å². The van der Waals surface area contributed by atoms with Gasteiger partial charge in [-0.15, -0.1) is 0 Å². The zero-order valence-electron chi connectivity index (χ0n) is 14.1. The Morgan fingerprint density at radius 2 is 1.85 bits per heavy atom. The Kier molecular flexibility index (Phi) is 4.48. The van der Waals surface area contributed by atoms with Crippen molar-refractivity contribution >= 4 is 23.2 Å². The molecule has 0 atom stereocenters. The average Bonchev–Trinajstić information content (AvgIpc) is 3.12. The van der Waals surface area contributed by atoms with Gasteiger partial charge in [0.1, 0.15) is 5.56 Å². The predicted octanol–water partition coefficient (Wildman–Crippen LogP) is 3.27. The van der Waals surface area contributed by atoms with E-state index >= 15 is 0 Å². The standard InChI is InChI=1S/C20H15ClN4O2/c21-15-8-6-14(7-9-15)17-10-18(26)25-19(24-17)16(12-23-25)20(27)22-11-13-4-2-1-3-5-13/h1-10,12,23H,11H2,(H,22,27). The van der Waals surface area contributed by atoms with Crippen LogP contribution in [0.5, 0.6) is 0 Å². The number of nitrogens with one attached hydrogen (secondary N) is 2. The molecule has 7 heteroatoms. The van der Waals surface area contributed by atoms with Crippen LogP contribution in [-0.4, -0.2) is 20.5 Å². The smallest absolute Gasteiger partial charge is 0.273 e. The highest BCUT2D eigenvalue weighted by Gasteiger charge is 2.16. The minimum absolute atomic E-state index is 0.276. The largest absolute Gasteiger partial charge is 0.348 e. The number of amides is 1. The first-order valence-corrected chi connectivity index (χ1v) is 8.69. The van der Waals surface area contributed by atoms with E-state index in [1.165, 1.54) is 16.8 Å². The zero-order valence-corrected chi connectivity index (χ0v) is 14.9. The number of H-pyrrole nitrogens is 1. The molecule has 0 fully saturated rings. The van der Waals surface area contributed by atoms with Gasteiger partial charge in [-0.2, -0.15) is 0 Å². The third kappa shape index (κ3) is 3.47. The molecule has 6 nitrogen and oxygen atoms in total. The molecule has 2 aromatic carbocycles. The molecule has 1 amide bonds. The highest BCUT2D eigenvalue weighted by atomic mass is 35.5. The lowest BCUT2D eigenvalue weighted by atomic mass is 10.1. The van der Waals surface area contributed by atoms with Crippen LogP contribution in [0.15, 0.2) is 71.7 Å². The fourth-order valence-corrected chi connectivity index (χ4v) is 2.92. The Bertz CT molecular complexity index is 1160. The number of aromatic nitrogens is 3. The molecule has 0 spiro atoms. The fourth-order valence-electron chi connectivity index (χ4n) is 2.79. The lowest BCUT2D eigenvalue weighted by Gasteiger charge is -2.05. The Labute approximate surface area is 159 Å². The first-order chi connectivity index (χ1) is 13.1. The summed E-state index contributed by atoms with van der Waals surface area (Å²) in [6.45, 7) is 0.387. The maximum atomic E-state index is 12.6. The maximum absolute atomic E-state index is 12.6. The summed E-state index contributed by atoms with van der Waals surface area (Å²) in [7, 11) is 0. The topological polar surface area (TPSA) is 79.3 Å². The summed E-state index contributed by atoms with van der Waals surface area (Å²) >= 11 is 5.92. The van der Waals surface area contributed by atoms with Gasteiger partial charge >= 0.3 is 0 Å². The van der Waals surface area contributed by atoms with Crippen molar-refractivity contribution in [2.24, 2.45) is 0 Å². The van der Waals surface area contributed by atoms with Crippen molar-refractivity contribution in [2.75, 3.05) is 0 Å². The van der Waals surface area contributed by atoms with Gasteiger partial charge in [-0.1, -0.05) is 54.1 Å². The van der Waals surface area contributed by atoms with Crippen LogP contribution in [0.2, 0.25) is 5.02 Å². The maximum Gasteiger partial charge on any atom is 0.273 e. The van der Waals surface area contributed by atoms with E-state index in [-0.39, 0.29) is 17.1 Å². The van der Waals surface area contributed by atoms with E-state index in [0.717, 1.165) is 11.1 Å². The van der Waals surface area contributed by atoms with Gasteiger partial charge in [0, 0.05) is 29.4 Å². The Balaban J connectivity index is 1.68. The fraction of sp³-hybridized carbons (Fsp3) is 0.0500. The summed E-state index contributed by atoms with van der Waals surface area (Å²) in [4.78, 5) is 29.5. The van der Waals surface area contributed by atoms with Crippen LogP contribution < -0.4 is 10.9 Å². The van der Waals surface area contributed by atoms with Gasteiger partial charge in [-0.25, -0.2) is 9.50 Å². The number of aromatic amines is 1. The zero-order chi connectivity index (χ0) is 18.8. The van der Waals surface area contributed by atoms with Gasteiger partial charge in [-0.05, 0) is 17.7 Å². The normalized spacial score (nSPS) is 10.9. The Morgan fingerprint density at radius 3 is 2.59 bits per heavy atom.